The van der Waals surface area contributed by atoms with Crippen molar-refractivity contribution >= 4 is 39.0 Å². The molecule has 3 heterocycles. The maximum absolute atomic E-state index is 13.3. The highest BCUT2D eigenvalue weighted by Gasteiger charge is 2.35. The second-order valence-corrected chi connectivity index (χ2v) is 9.32. The van der Waals surface area contributed by atoms with Crippen LogP contribution in [0.25, 0.3) is 0 Å². The number of hydrogen-bond acceptors (Lipinski definition) is 6. The number of nitrogens with zero attached hydrogens (tertiary/aromatic N) is 4. The Morgan fingerprint density at radius 2 is 2.07 bits per heavy atom. The van der Waals surface area contributed by atoms with Gasteiger partial charge in [-0.05, 0) is 44.0 Å². The van der Waals surface area contributed by atoms with Gasteiger partial charge in [-0.2, -0.15) is 0 Å². The summed E-state index contributed by atoms with van der Waals surface area (Å²) in [4.78, 5) is 18.6. The van der Waals surface area contributed by atoms with Crippen molar-refractivity contribution in [2.24, 2.45) is 0 Å². The zero-order valence-electron chi connectivity index (χ0n) is 16.3. The Hall–Kier alpha value is -2.91. The first-order chi connectivity index (χ1) is 14.3. The van der Waals surface area contributed by atoms with E-state index >= 15 is 0 Å². The van der Waals surface area contributed by atoms with Crippen LogP contribution in [0, 0.1) is 6.92 Å². The smallest absolute Gasteiger partial charge is 0.267 e. The Kier molecular flexibility index (Phi) is 5.25. The van der Waals surface area contributed by atoms with E-state index in [1.807, 2.05) is 31.2 Å². The zero-order valence-corrected chi connectivity index (χ0v) is 17.9. The molecule has 1 unspecified atom stereocenters. The maximum atomic E-state index is 13.3. The van der Waals surface area contributed by atoms with Gasteiger partial charge in [0.05, 0.1) is 0 Å². The molecule has 30 heavy (non-hydrogen) atoms. The Morgan fingerprint density at radius 1 is 1.30 bits per heavy atom. The molecular weight excluding hydrogens is 428 g/mol. The third-order valence-electron chi connectivity index (χ3n) is 4.91. The number of aryl methyl sites for hydroxylation is 1. The van der Waals surface area contributed by atoms with E-state index in [1.54, 1.807) is 11.8 Å². The van der Waals surface area contributed by atoms with Crippen molar-refractivity contribution in [1.29, 1.82) is 0 Å². The molecule has 0 spiro atoms. The van der Waals surface area contributed by atoms with E-state index in [2.05, 4.69) is 10.1 Å². The fourth-order valence-electron chi connectivity index (χ4n) is 3.55. The average Bonchev–Trinajstić information content (AvgIpc) is 3.28. The van der Waals surface area contributed by atoms with Crippen LogP contribution in [0.1, 0.15) is 18.2 Å². The van der Waals surface area contributed by atoms with Gasteiger partial charge in [0.15, 0.2) is 5.82 Å². The molecule has 4 rings (SSSR count). The van der Waals surface area contributed by atoms with E-state index in [4.69, 9.17) is 16.1 Å². The van der Waals surface area contributed by atoms with Gasteiger partial charge in [-0.3, -0.25) is 4.79 Å². The van der Waals surface area contributed by atoms with E-state index in [-0.39, 0.29) is 27.8 Å². The lowest BCUT2D eigenvalue weighted by atomic mass is 10.1. The first kappa shape index (κ1) is 20.4. The topological polar surface area (TPSA) is 96.6 Å². The summed E-state index contributed by atoms with van der Waals surface area (Å²) in [6.45, 7) is 3.14. The van der Waals surface area contributed by atoms with Crippen molar-refractivity contribution in [3.05, 3.63) is 65.1 Å². The van der Waals surface area contributed by atoms with Gasteiger partial charge >= 0.3 is 0 Å². The molecule has 156 valence electrons. The Balaban J connectivity index is 1.71. The van der Waals surface area contributed by atoms with Crippen LogP contribution >= 0.6 is 11.6 Å². The molecule has 0 saturated carbocycles. The van der Waals surface area contributed by atoms with Crippen molar-refractivity contribution in [1.82, 2.24) is 10.1 Å². The van der Waals surface area contributed by atoms with E-state index in [0.717, 1.165) is 21.8 Å². The zero-order chi connectivity index (χ0) is 21.5. The number of anilines is 2. The number of pyridine rings is 1. The first-order valence-corrected chi connectivity index (χ1v) is 11.1. The predicted octanol–water partition coefficient (Wildman–Crippen LogP) is 3.20. The van der Waals surface area contributed by atoms with E-state index in [0.29, 0.717) is 12.2 Å². The number of rotatable bonds is 5. The highest BCUT2D eigenvalue weighted by molar-refractivity contribution is 7.92. The van der Waals surface area contributed by atoms with Crippen LogP contribution in [-0.4, -0.2) is 37.1 Å². The molecule has 10 heteroatoms. The van der Waals surface area contributed by atoms with Crippen LogP contribution in [-0.2, 0) is 21.2 Å². The standard InChI is InChI=1S/C20H19ClN4O4S/c1-13-9-15-5-3-4-6-17(15)25(13)20(26)12-24(19-10-14(2)29-23-19)30(27,28)16-7-8-18(21)22-11-16/h3-8,10-11,13H,9,12H2,1-2H3. The molecule has 0 N–H and O–H groups in total. The fraction of sp³-hybridized carbons (Fsp3) is 0.250. The lowest BCUT2D eigenvalue weighted by Crippen LogP contribution is -2.45. The third kappa shape index (κ3) is 3.66. The number of benzene rings is 1. The van der Waals surface area contributed by atoms with Gasteiger partial charge < -0.3 is 9.42 Å². The van der Waals surface area contributed by atoms with Gasteiger partial charge in [-0.25, -0.2) is 17.7 Å². The Morgan fingerprint density at radius 3 is 2.73 bits per heavy atom. The van der Waals surface area contributed by atoms with Crippen LogP contribution in [0.4, 0.5) is 11.5 Å². The summed E-state index contributed by atoms with van der Waals surface area (Å²) in [7, 11) is -4.13. The molecule has 0 radical (unpaired) electrons. The molecular formula is C20H19ClN4O4S. The van der Waals surface area contributed by atoms with Crippen LogP contribution in [0.15, 0.2) is 58.1 Å². The Labute approximate surface area is 179 Å². The quantitative estimate of drug-likeness (QED) is 0.558. The van der Waals surface area contributed by atoms with Crippen molar-refractivity contribution in [2.75, 3.05) is 15.7 Å². The second-order valence-electron chi connectivity index (χ2n) is 7.07. The Bertz CT molecular complexity index is 1190. The van der Waals surface area contributed by atoms with Gasteiger partial charge in [0.2, 0.25) is 5.91 Å². The number of halogens is 1. The maximum Gasteiger partial charge on any atom is 0.267 e. The third-order valence-corrected chi connectivity index (χ3v) is 6.87. The van der Waals surface area contributed by atoms with E-state index in [1.165, 1.54) is 18.2 Å². The van der Waals surface area contributed by atoms with Crippen LogP contribution in [0.5, 0.6) is 0 Å². The number of fused-ring (bicyclic) bond motifs is 1. The highest BCUT2D eigenvalue weighted by atomic mass is 35.5. The molecule has 1 aliphatic heterocycles. The summed E-state index contributed by atoms with van der Waals surface area (Å²) in [6.07, 6.45) is 1.86. The van der Waals surface area contributed by atoms with Gasteiger partial charge in [-0.1, -0.05) is 35.0 Å². The van der Waals surface area contributed by atoms with E-state index in [9.17, 15) is 13.2 Å². The minimum absolute atomic E-state index is 0.0240. The van der Waals surface area contributed by atoms with Crippen LogP contribution in [0.2, 0.25) is 5.15 Å². The molecule has 0 saturated heterocycles. The van der Waals surface area contributed by atoms with Crippen molar-refractivity contribution < 1.29 is 17.7 Å². The number of aromatic nitrogens is 2. The molecule has 0 fully saturated rings. The highest BCUT2D eigenvalue weighted by Crippen LogP contribution is 2.33. The van der Waals surface area contributed by atoms with Crippen molar-refractivity contribution in [2.45, 2.75) is 31.2 Å². The second kappa shape index (κ2) is 7.73. The summed E-state index contributed by atoms with van der Waals surface area (Å²) in [5.41, 5.74) is 1.84. The van der Waals surface area contributed by atoms with Crippen molar-refractivity contribution in [3.63, 3.8) is 0 Å². The molecule has 0 aliphatic carbocycles. The molecule has 1 aromatic carbocycles. The number of hydrogen-bond donors (Lipinski definition) is 0. The van der Waals surface area contributed by atoms with Gasteiger partial charge in [0.25, 0.3) is 10.0 Å². The first-order valence-electron chi connectivity index (χ1n) is 9.25. The summed E-state index contributed by atoms with van der Waals surface area (Å²) < 4.78 is 32.6. The summed E-state index contributed by atoms with van der Waals surface area (Å²) in [6, 6.07) is 11.7. The predicted molar refractivity (Wildman–Crippen MR) is 112 cm³/mol. The van der Waals surface area contributed by atoms with Crippen molar-refractivity contribution in [3.8, 4) is 0 Å². The normalized spacial score (nSPS) is 15.8. The average molecular weight is 447 g/mol. The fourth-order valence-corrected chi connectivity index (χ4v) is 4.95. The molecule has 1 atom stereocenters. The van der Waals surface area contributed by atoms with Crippen LogP contribution in [0.3, 0.4) is 0 Å². The summed E-state index contributed by atoms with van der Waals surface area (Å²) in [5.74, 6) is 0.0845. The molecule has 2 aromatic heterocycles. The number of amides is 1. The minimum Gasteiger partial charge on any atom is -0.360 e. The molecule has 1 amide bonds. The molecule has 1 aliphatic rings. The lowest BCUT2D eigenvalue weighted by molar-refractivity contribution is -0.117. The SMILES string of the molecule is Cc1cc(N(CC(=O)N2c3ccccc3CC2C)S(=O)(=O)c2ccc(Cl)nc2)no1. The van der Waals surface area contributed by atoms with Gasteiger partial charge in [-0.15, -0.1) is 0 Å². The summed E-state index contributed by atoms with van der Waals surface area (Å²) in [5, 5.41) is 3.99. The number of carbonyl (C=O) groups is 1. The number of sulfonamides is 1. The van der Waals surface area contributed by atoms with E-state index < -0.39 is 16.6 Å². The molecule has 8 nitrogen and oxygen atoms in total. The lowest BCUT2D eigenvalue weighted by Gasteiger charge is -2.27. The van der Waals surface area contributed by atoms with Gasteiger partial charge in [0.1, 0.15) is 22.4 Å². The largest absolute Gasteiger partial charge is 0.360 e. The molecule has 3 aromatic rings. The van der Waals surface area contributed by atoms with Gasteiger partial charge in [0, 0.05) is 24.0 Å². The van der Waals surface area contributed by atoms with Crippen LogP contribution < -0.4 is 9.21 Å². The molecule has 0 bridgehead atoms. The monoisotopic (exact) mass is 446 g/mol. The number of carbonyl (C=O) groups excluding carboxylic acids is 1. The summed E-state index contributed by atoms with van der Waals surface area (Å²) >= 11 is 5.79. The minimum atomic E-state index is -4.13. The number of para-hydroxylation sites is 1.